The molecule has 0 radical (unpaired) electrons. The number of rotatable bonds is 5. The molecule has 0 spiro atoms. The van der Waals surface area contributed by atoms with Crippen LogP contribution in [0, 0.1) is 0 Å². The summed E-state index contributed by atoms with van der Waals surface area (Å²) in [4.78, 5) is 7.26. The molecule has 0 saturated carbocycles. The molecule has 0 amide bonds. The number of fused-ring (bicyclic) bond motifs is 1. The Morgan fingerprint density at radius 2 is 1.88 bits per heavy atom. The van der Waals surface area contributed by atoms with E-state index in [1.807, 2.05) is 6.07 Å². The molecule has 3 nitrogen and oxygen atoms in total. The Bertz CT molecular complexity index is 823. The maximum Gasteiger partial charge on any atom is 0.418 e. The van der Waals surface area contributed by atoms with Crippen LogP contribution in [0.15, 0.2) is 42.6 Å². The lowest BCUT2D eigenvalue weighted by molar-refractivity contribution is -0.136. The van der Waals surface area contributed by atoms with Crippen LogP contribution in [0.3, 0.4) is 0 Å². The fraction of sp³-hybridized carbons (Fsp3) is 0.278. The van der Waals surface area contributed by atoms with Crippen molar-refractivity contribution in [1.29, 1.82) is 0 Å². The number of nitrogens with one attached hydrogen (secondary N) is 1. The molecule has 1 aromatic carbocycles. The van der Waals surface area contributed by atoms with Gasteiger partial charge in [0, 0.05) is 11.6 Å². The van der Waals surface area contributed by atoms with Crippen molar-refractivity contribution in [2.24, 2.45) is 5.73 Å². The molecule has 3 rings (SSSR count). The van der Waals surface area contributed by atoms with E-state index in [1.165, 1.54) is 6.07 Å². The first-order valence-corrected chi connectivity index (χ1v) is 7.84. The summed E-state index contributed by atoms with van der Waals surface area (Å²) >= 11 is 0. The minimum atomic E-state index is -4.40. The van der Waals surface area contributed by atoms with Gasteiger partial charge >= 0.3 is 6.18 Å². The van der Waals surface area contributed by atoms with E-state index < -0.39 is 11.7 Å². The number of H-pyrrole nitrogens is 1. The van der Waals surface area contributed by atoms with Gasteiger partial charge in [-0.1, -0.05) is 18.2 Å². The Kier molecular flexibility index (Phi) is 4.57. The zero-order valence-corrected chi connectivity index (χ0v) is 13.0. The topological polar surface area (TPSA) is 54.7 Å². The van der Waals surface area contributed by atoms with E-state index >= 15 is 0 Å². The van der Waals surface area contributed by atoms with Gasteiger partial charge in [-0.2, -0.15) is 13.2 Å². The van der Waals surface area contributed by atoms with Crippen molar-refractivity contribution in [2.45, 2.75) is 25.4 Å². The highest BCUT2D eigenvalue weighted by Crippen LogP contribution is 2.38. The fourth-order valence-electron chi connectivity index (χ4n) is 2.94. The molecule has 2 aromatic heterocycles. The lowest BCUT2D eigenvalue weighted by Crippen LogP contribution is -2.05. The van der Waals surface area contributed by atoms with Crippen molar-refractivity contribution >= 4 is 10.9 Å². The van der Waals surface area contributed by atoms with Crippen molar-refractivity contribution in [2.75, 3.05) is 6.54 Å². The first-order chi connectivity index (χ1) is 11.5. The molecule has 0 fully saturated rings. The van der Waals surface area contributed by atoms with Crippen LogP contribution in [0.5, 0.6) is 0 Å². The Hall–Kier alpha value is -2.34. The van der Waals surface area contributed by atoms with Crippen LogP contribution in [0.25, 0.3) is 22.3 Å². The van der Waals surface area contributed by atoms with Crippen LogP contribution in [-0.4, -0.2) is 16.5 Å². The number of aryl methyl sites for hydroxylation is 1. The summed E-state index contributed by atoms with van der Waals surface area (Å²) in [6, 6.07) is 9.68. The summed E-state index contributed by atoms with van der Waals surface area (Å²) in [6.07, 6.45) is -0.466. The second-order valence-corrected chi connectivity index (χ2v) is 5.67. The average Bonchev–Trinajstić information content (AvgIpc) is 2.94. The van der Waals surface area contributed by atoms with Gasteiger partial charge in [-0.15, -0.1) is 0 Å². The number of pyridine rings is 1. The number of benzene rings is 1. The van der Waals surface area contributed by atoms with Crippen LogP contribution >= 0.6 is 0 Å². The van der Waals surface area contributed by atoms with Gasteiger partial charge in [-0.25, -0.2) is 0 Å². The fourth-order valence-corrected chi connectivity index (χ4v) is 2.94. The van der Waals surface area contributed by atoms with E-state index in [2.05, 4.69) is 9.97 Å². The van der Waals surface area contributed by atoms with E-state index in [4.69, 9.17) is 5.73 Å². The number of unbranched alkanes of at least 4 members (excludes halogenated alkanes) is 1. The number of nitrogens with zero attached hydrogens (tertiary/aromatic N) is 1. The SMILES string of the molecule is NCCCCc1c(-c2ccccn2)[nH]c2c(C(F)(F)F)cccc12. The number of para-hydroxylation sites is 1. The molecule has 0 aliphatic carbocycles. The normalized spacial score (nSPS) is 12.0. The predicted octanol–water partition coefficient (Wildman–Crippen LogP) is 4.53. The van der Waals surface area contributed by atoms with Gasteiger partial charge in [0.05, 0.1) is 22.5 Å². The maximum absolute atomic E-state index is 13.3. The molecule has 0 aliphatic heterocycles. The smallest absolute Gasteiger partial charge is 0.353 e. The first kappa shape index (κ1) is 16.5. The van der Waals surface area contributed by atoms with Crippen molar-refractivity contribution in [3.63, 3.8) is 0 Å². The number of aromatic amines is 1. The monoisotopic (exact) mass is 333 g/mol. The number of halogens is 3. The summed E-state index contributed by atoms with van der Waals surface area (Å²) in [7, 11) is 0. The third-order valence-corrected chi connectivity index (χ3v) is 4.05. The number of hydrogen-bond acceptors (Lipinski definition) is 2. The van der Waals surface area contributed by atoms with Crippen LogP contribution in [0.4, 0.5) is 13.2 Å². The average molecular weight is 333 g/mol. The molecule has 3 aromatic rings. The Balaban J connectivity index is 2.20. The second kappa shape index (κ2) is 6.65. The largest absolute Gasteiger partial charge is 0.418 e. The zero-order chi connectivity index (χ0) is 17.2. The van der Waals surface area contributed by atoms with E-state index in [-0.39, 0.29) is 5.52 Å². The van der Waals surface area contributed by atoms with Crippen molar-refractivity contribution in [1.82, 2.24) is 9.97 Å². The molecule has 6 heteroatoms. The van der Waals surface area contributed by atoms with Crippen molar-refractivity contribution < 1.29 is 13.2 Å². The molecule has 126 valence electrons. The molecule has 2 heterocycles. The molecule has 3 N–H and O–H groups in total. The van der Waals surface area contributed by atoms with Crippen molar-refractivity contribution in [3.05, 3.63) is 53.7 Å². The van der Waals surface area contributed by atoms with Crippen molar-refractivity contribution in [3.8, 4) is 11.4 Å². The molecular formula is C18H18F3N3. The van der Waals surface area contributed by atoms with Gasteiger partial charge in [0.25, 0.3) is 0 Å². The Morgan fingerprint density at radius 1 is 1.04 bits per heavy atom. The molecule has 0 bridgehead atoms. The predicted molar refractivity (Wildman–Crippen MR) is 88.5 cm³/mol. The minimum absolute atomic E-state index is 0.119. The first-order valence-electron chi connectivity index (χ1n) is 7.84. The number of alkyl halides is 3. The highest BCUT2D eigenvalue weighted by atomic mass is 19.4. The quantitative estimate of drug-likeness (QED) is 0.674. The lowest BCUT2D eigenvalue weighted by atomic mass is 10.0. The van der Waals surface area contributed by atoms with Gasteiger partial charge in [-0.05, 0) is 49.6 Å². The highest BCUT2D eigenvalue weighted by Gasteiger charge is 2.34. The van der Waals surface area contributed by atoms with E-state index in [0.717, 1.165) is 24.5 Å². The van der Waals surface area contributed by atoms with Gasteiger partial charge in [0.15, 0.2) is 0 Å². The molecule has 0 unspecified atom stereocenters. The molecule has 0 aliphatic rings. The van der Waals surface area contributed by atoms with E-state index in [1.54, 1.807) is 24.4 Å². The van der Waals surface area contributed by atoms with Gasteiger partial charge < -0.3 is 10.7 Å². The van der Waals surface area contributed by atoms with E-state index in [0.29, 0.717) is 29.7 Å². The summed E-state index contributed by atoms with van der Waals surface area (Å²) < 4.78 is 39.9. The number of aromatic nitrogens is 2. The number of nitrogens with two attached hydrogens (primary N) is 1. The summed E-state index contributed by atoms with van der Waals surface area (Å²) in [5.74, 6) is 0. The Morgan fingerprint density at radius 3 is 2.54 bits per heavy atom. The molecular weight excluding hydrogens is 315 g/mol. The Labute approximate surface area is 137 Å². The van der Waals surface area contributed by atoms with Crippen LogP contribution in [0.2, 0.25) is 0 Å². The third-order valence-electron chi connectivity index (χ3n) is 4.05. The lowest BCUT2D eigenvalue weighted by Gasteiger charge is -2.07. The molecule has 24 heavy (non-hydrogen) atoms. The minimum Gasteiger partial charge on any atom is -0.353 e. The summed E-state index contributed by atoms with van der Waals surface area (Å²) in [5, 5.41) is 0.600. The van der Waals surface area contributed by atoms with Gasteiger partial charge in [0.1, 0.15) is 0 Å². The van der Waals surface area contributed by atoms with Gasteiger partial charge in [0.2, 0.25) is 0 Å². The highest BCUT2D eigenvalue weighted by molar-refractivity contribution is 5.92. The standard InChI is InChI=1S/C18H18F3N3/c19-18(20,21)14-8-5-7-12-13(6-1-3-10-22)17(24-16(12)14)15-9-2-4-11-23-15/h2,4-5,7-9,11,24H,1,3,6,10,22H2. The zero-order valence-electron chi connectivity index (χ0n) is 13.0. The molecule has 0 atom stereocenters. The summed E-state index contributed by atoms with van der Waals surface area (Å²) in [5.41, 5.74) is 7.17. The summed E-state index contributed by atoms with van der Waals surface area (Å²) in [6.45, 7) is 0.565. The van der Waals surface area contributed by atoms with Crippen LogP contribution in [-0.2, 0) is 12.6 Å². The van der Waals surface area contributed by atoms with E-state index in [9.17, 15) is 13.2 Å². The van der Waals surface area contributed by atoms with Crippen LogP contribution < -0.4 is 5.73 Å². The van der Waals surface area contributed by atoms with Gasteiger partial charge in [-0.3, -0.25) is 4.98 Å². The maximum atomic E-state index is 13.3. The third kappa shape index (κ3) is 3.14. The van der Waals surface area contributed by atoms with Crippen LogP contribution in [0.1, 0.15) is 24.0 Å². The number of hydrogen-bond donors (Lipinski definition) is 2. The second-order valence-electron chi connectivity index (χ2n) is 5.67. The molecule has 0 saturated heterocycles.